The molecule has 2 aliphatic heterocycles. The van der Waals surface area contributed by atoms with Crippen molar-refractivity contribution in [2.75, 3.05) is 33.3 Å². The molecule has 1 unspecified atom stereocenters. The van der Waals surface area contributed by atoms with Gasteiger partial charge in [-0.15, -0.1) is 0 Å². The number of likely N-dealkylation sites (tertiary alicyclic amines) is 2. The Morgan fingerprint density at radius 2 is 1.54 bits per heavy atom. The minimum Gasteiger partial charge on any atom is -0.496 e. The number of methoxy groups -OCH3 is 1. The molecular weight excluding hydrogens is 442 g/mol. The van der Waals surface area contributed by atoms with E-state index in [4.69, 9.17) is 4.74 Å². The van der Waals surface area contributed by atoms with Crippen LogP contribution in [0.25, 0.3) is 0 Å². The molecule has 1 N–H and O–H groups in total. The zero-order valence-electron chi connectivity index (χ0n) is 20.4. The molecular formula is C28H35N3O4. The number of ether oxygens (including phenoxy) is 1. The topological polar surface area (TPSA) is 79.0 Å². The highest BCUT2D eigenvalue weighted by Gasteiger charge is 2.31. The largest absolute Gasteiger partial charge is 0.496 e. The van der Waals surface area contributed by atoms with Crippen LogP contribution in [0.2, 0.25) is 0 Å². The van der Waals surface area contributed by atoms with Gasteiger partial charge in [0.2, 0.25) is 17.7 Å². The summed E-state index contributed by atoms with van der Waals surface area (Å²) >= 11 is 0. The first kappa shape index (κ1) is 24.8. The second-order valence-electron chi connectivity index (χ2n) is 9.49. The van der Waals surface area contributed by atoms with E-state index >= 15 is 0 Å². The van der Waals surface area contributed by atoms with Crippen molar-refractivity contribution in [1.82, 2.24) is 15.1 Å². The van der Waals surface area contributed by atoms with Gasteiger partial charge in [-0.1, -0.05) is 48.5 Å². The van der Waals surface area contributed by atoms with Gasteiger partial charge in [-0.3, -0.25) is 14.4 Å². The van der Waals surface area contributed by atoms with Crippen LogP contribution in [0.5, 0.6) is 5.75 Å². The third-order valence-electron chi connectivity index (χ3n) is 7.07. The number of amides is 3. The van der Waals surface area contributed by atoms with Crippen LogP contribution in [0.15, 0.2) is 54.6 Å². The molecule has 2 aromatic rings. The van der Waals surface area contributed by atoms with Crippen LogP contribution in [0.1, 0.15) is 36.8 Å². The van der Waals surface area contributed by atoms with E-state index in [1.807, 2.05) is 64.4 Å². The lowest BCUT2D eigenvalue weighted by molar-refractivity contribution is -0.135. The molecule has 186 valence electrons. The molecule has 0 radical (unpaired) electrons. The van der Waals surface area contributed by atoms with Crippen molar-refractivity contribution >= 4 is 17.7 Å². The number of benzene rings is 2. The highest BCUT2D eigenvalue weighted by atomic mass is 16.5. The van der Waals surface area contributed by atoms with E-state index in [1.54, 1.807) is 7.11 Å². The molecule has 7 nitrogen and oxygen atoms in total. The Labute approximate surface area is 207 Å². The first-order valence-corrected chi connectivity index (χ1v) is 12.5. The van der Waals surface area contributed by atoms with E-state index in [9.17, 15) is 14.4 Å². The number of carbonyl (C=O) groups is 3. The van der Waals surface area contributed by atoms with Crippen molar-refractivity contribution in [2.24, 2.45) is 5.92 Å². The van der Waals surface area contributed by atoms with Gasteiger partial charge in [-0.2, -0.15) is 0 Å². The van der Waals surface area contributed by atoms with Gasteiger partial charge in [0.15, 0.2) is 0 Å². The summed E-state index contributed by atoms with van der Waals surface area (Å²) in [5.74, 6) is 0.746. The lowest BCUT2D eigenvalue weighted by Crippen LogP contribution is -2.51. The molecule has 2 fully saturated rings. The Kier molecular flexibility index (Phi) is 8.40. The number of nitrogens with zero attached hydrogens (tertiary/aromatic N) is 2. The third-order valence-corrected chi connectivity index (χ3v) is 7.07. The second kappa shape index (κ2) is 11.9. The minimum absolute atomic E-state index is 0.0287. The van der Waals surface area contributed by atoms with E-state index in [1.165, 1.54) is 0 Å². The Morgan fingerprint density at radius 3 is 2.29 bits per heavy atom. The standard InChI is InChI=1S/C28H35N3O4/c1-35-25-12-6-5-10-22(25)19-27(33)30-16-13-24(14-17-30)29-28(34)23-11-7-15-31(20-23)26(32)18-21-8-3-2-4-9-21/h2-6,8-10,12,23-24H,7,11,13-20H2,1H3,(H,29,34). The van der Waals surface area contributed by atoms with Crippen LogP contribution >= 0.6 is 0 Å². The number of carbonyl (C=O) groups excluding carboxylic acids is 3. The molecule has 0 aromatic heterocycles. The smallest absolute Gasteiger partial charge is 0.227 e. The fourth-order valence-corrected chi connectivity index (χ4v) is 5.02. The summed E-state index contributed by atoms with van der Waals surface area (Å²) in [5.41, 5.74) is 1.88. The van der Waals surface area contributed by atoms with Gasteiger partial charge in [0.1, 0.15) is 5.75 Å². The summed E-state index contributed by atoms with van der Waals surface area (Å²) in [6.07, 6.45) is 3.82. The molecule has 0 aliphatic carbocycles. The molecule has 0 bridgehead atoms. The molecule has 3 amide bonds. The van der Waals surface area contributed by atoms with Crippen molar-refractivity contribution in [3.63, 3.8) is 0 Å². The van der Waals surface area contributed by atoms with Crippen LogP contribution in [0.3, 0.4) is 0 Å². The van der Waals surface area contributed by atoms with Crippen molar-refractivity contribution in [1.29, 1.82) is 0 Å². The summed E-state index contributed by atoms with van der Waals surface area (Å²) in [5, 5.41) is 3.19. The summed E-state index contributed by atoms with van der Waals surface area (Å²) in [7, 11) is 1.61. The molecule has 0 spiro atoms. The molecule has 35 heavy (non-hydrogen) atoms. The normalized spacial score (nSPS) is 18.7. The summed E-state index contributed by atoms with van der Waals surface area (Å²) in [6.45, 7) is 2.45. The van der Waals surface area contributed by atoms with Gasteiger partial charge in [-0.25, -0.2) is 0 Å². The molecule has 2 heterocycles. The molecule has 2 aliphatic rings. The predicted octanol–water partition coefficient (Wildman–Crippen LogP) is 2.83. The maximum atomic E-state index is 13.0. The molecule has 2 aromatic carbocycles. The Balaban J connectivity index is 1.22. The lowest BCUT2D eigenvalue weighted by Gasteiger charge is -2.35. The highest BCUT2D eigenvalue weighted by Crippen LogP contribution is 2.21. The summed E-state index contributed by atoms with van der Waals surface area (Å²) in [6, 6.07) is 17.4. The fraction of sp³-hybridized carbons (Fsp3) is 0.464. The predicted molar refractivity (Wildman–Crippen MR) is 134 cm³/mol. The van der Waals surface area contributed by atoms with Crippen LogP contribution in [-0.4, -0.2) is 66.9 Å². The van der Waals surface area contributed by atoms with Crippen molar-refractivity contribution in [2.45, 2.75) is 44.6 Å². The van der Waals surface area contributed by atoms with Crippen molar-refractivity contribution in [3.8, 4) is 5.75 Å². The van der Waals surface area contributed by atoms with Gasteiger partial charge < -0.3 is 19.9 Å². The zero-order chi connectivity index (χ0) is 24.6. The number of hydrogen-bond donors (Lipinski definition) is 1. The SMILES string of the molecule is COc1ccccc1CC(=O)N1CCC(NC(=O)C2CCCN(C(=O)Cc3ccccc3)C2)CC1. The Morgan fingerprint density at radius 1 is 0.857 bits per heavy atom. The van der Waals surface area contributed by atoms with Crippen molar-refractivity contribution in [3.05, 3.63) is 65.7 Å². The van der Waals surface area contributed by atoms with Crippen LogP contribution < -0.4 is 10.1 Å². The van der Waals surface area contributed by atoms with Gasteiger partial charge in [-0.05, 0) is 37.3 Å². The van der Waals surface area contributed by atoms with Crippen LogP contribution in [0, 0.1) is 5.92 Å². The van der Waals surface area contributed by atoms with E-state index in [2.05, 4.69) is 5.32 Å². The number of nitrogens with one attached hydrogen (secondary N) is 1. The van der Waals surface area contributed by atoms with Gasteiger partial charge in [0.25, 0.3) is 0 Å². The highest BCUT2D eigenvalue weighted by molar-refractivity contribution is 5.83. The minimum atomic E-state index is -0.173. The third kappa shape index (κ3) is 6.62. The van der Waals surface area contributed by atoms with Crippen LogP contribution in [-0.2, 0) is 27.2 Å². The number of para-hydroxylation sites is 1. The molecule has 4 rings (SSSR count). The van der Waals surface area contributed by atoms with E-state index < -0.39 is 0 Å². The molecule has 2 saturated heterocycles. The Bertz CT molecular complexity index is 1020. The maximum Gasteiger partial charge on any atom is 0.227 e. The first-order chi connectivity index (χ1) is 17.0. The van der Waals surface area contributed by atoms with E-state index in [0.29, 0.717) is 39.0 Å². The van der Waals surface area contributed by atoms with E-state index in [-0.39, 0.29) is 29.7 Å². The van der Waals surface area contributed by atoms with Crippen LogP contribution in [0.4, 0.5) is 0 Å². The van der Waals surface area contributed by atoms with Gasteiger partial charge >= 0.3 is 0 Å². The molecule has 1 atom stereocenters. The van der Waals surface area contributed by atoms with Gasteiger partial charge in [0, 0.05) is 37.8 Å². The molecule has 7 heteroatoms. The maximum absolute atomic E-state index is 13.0. The Hall–Kier alpha value is -3.35. The zero-order valence-corrected chi connectivity index (χ0v) is 20.4. The monoisotopic (exact) mass is 477 g/mol. The van der Waals surface area contributed by atoms with Gasteiger partial charge in [0.05, 0.1) is 25.9 Å². The summed E-state index contributed by atoms with van der Waals surface area (Å²) in [4.78, 5) is 42.2. The van der Waals surface area contributed by atoms with E-state index in [0.717, 1.165) is 42.6 Å². The lowest BCUT2D eigenvalue weighted by atomic mass is 9.95. The number of piperidine rings is 2. The average molecular weight is 478 g/mol. The number of hydrogen-bond acceptors (Lipinski definition) is 4. The fourth-order valence-electron chi connectivity index (χ4n) is 5.02. The quantitative estimate of drug-likeness (QED) is 0.665. The summed E-state index contributed by atoms with van der Waals surface area (Å²) < 4.78 is 5.36. The average Bonchev–Trinajstić information content (AvgIpc) is 2.90. The van der Waals surface area contributed by atoms with Crippen molar-refractivity contribution < 1.29 is 19.1 Å². The number of rotatable bonds is 7. The first-order valence-electron chi connectivity index (χ1n) is 12.5. The second-order valence-corrected chi connectivity index (χ2v) is 9.49. The molecule has 0 saturated carbocycles.